The van der Waals surface area contributed by atoms with Gasteiger partial charge in [0.15, 0.2) is 11.3 Å². The minimum atomic E-state index is -3.71. The summed E-state index contributed by atoms with van der Waals surface area (Å²) in [5, 5.41) is 3.46. The molecule has 6 rings (SSSR count). The lowest BCUT2D eigenvalue weighted by Crippen LogP contribution is -2.25. The minimum absolute atomic E-state index is 0.216. The smallest absolute Gasteiger partial charge is 0.255 e. The maximum Gasteiger partial charge on any atom is 0.255 e. The molecular weight excluding hydrogens is 583 g/mol. The van der Waals surface area contributed by atoms with Crippen LogP contribution in [0.1, 0.15) is 10.4 Å². The van der Waals surface area contributed by atoms with Crippen LogP contribution in [0.5, 0.6) is 0 Å². The number of nitrogens with one attached hydrogen (secondary N) is 2. The van der Waals surface area contributed by atoms with Gasteiger partial charge in [-0.3, -0.25) is 9.10 Å². The van der Waals surface area contributed by atoms with E-state index in [-0.39, 0.29) is 16.9 Å². The summed E-state index contributed by atoms with van der Waals surface area (Å²) in [6.07, 6.45) is 4.16. The molecule has 0 bridgehead atoms. The number of anilines is 1. The number of benzene rings is 3. The number of furan rings is 1. The average molecular weight is 605 g/mol. The Morgan fingerprint density at radius 1 is 1.02 bits per heavy atom. The van der Waals surface area contributed by atoms with E-state index in [0.717, 1.165) is 10.6 Å². The monoisotopic (exact) mass is 604 g/mol. The second kappa shape index (κ2) is 10.2. The molecule has 212 valence electrons. The van der Waals surface area contributed by atoms with E-state index in [0.29, 0.717) is 55.5 Å². The lowest BCUT2D eigenvalue weighted by atomic mass is 9.97. The number of amides is 1. The summed E-state index contributed by atoms with van der Waals surface area (Å²) in [6, 6.07) is 14.0. The Morgan fingerprint density at radius 3 is 2.43 bits per heavy atom. The number of rotatable bonds is 6. The summed E-state index contributed by atoms with van der Waals surface area (Å²) in [5.74, 6) is -0.226. The SMILES string of the molecule is CNC(=O)c1c(-c2ccc(F)cc2)oc2cc(N(C)S(C)(=O)=O)c(-c3ccc(Cl)c(-c4nc5nccnc5[nH]4)c3)cc12. The van der Waals surface area contributed by atoms with Gasteiger partial charge in [-0.15, -0.1) is 0 Å². The van der Waals surface area contributed by atoms with Gasteiger partial charge in [0.1, 0.15) is 23.0 Å². The zero-order chi connectivity index (χ0) is 29.8. The van der Waals surface area contributed by atoms with E-state index in [2.05, 4.69) is 25.3 Å². The molecule has 10 nitrogen and oxygen atoms in total. The zero-order valence-electron chi connectivity index (χ0n) is 22.4. The number of carbonyl (C=O) groups excluding carboxylic acids is 1. The van der Waals surface area contributed by atoms with Gasteiger partial charge in [0, 0.05) is 54.6 Å². The average Bonchev–Trinajstić information content (AvgIpc) is 3.57. The number of fused-ring (bicyclic) bond motifs is 2. The maximum atomic E-state index is 13.7. The molecule has 3 aromatic heterocycles. The summed E-state index contributed by atoms with van der Waals surface area (Å²) < 4.78 is 46.4. The van der Waals surface area contributed by atoms with E-state index < -0.39 is 21.7 Å². The second-order valence-corrected chi connectivity index (χ2v) is 11.9. The maximum absolute atomic E-state index is 13.7. The molecule has 0 aliphatic heterocycles. The third kappa shape index (κ3) is 4.74. The van der Waals surface area contributed by atoms with Crippen LogP contribution < -0.4 is 9.62 Å². The summed E-state index contributed by atoms with van der Waals surface area (Å²) in [7, 11) is -0.796. The molecule has 3 heterocycles. The highest BCUT2D eigenvalue weighted by Crippen LogP contribution is 2.42. The number of aromatic amines is 1. The fraction of sp³-hybridized carbons (Fsp3) is 0.103. The predicted octanol–water partition coefficient (Wildman–Crippen LogP) is 5.65. The molecule has 0 aliphatic carbocycles. The van der Waals surface area contributed by atoms with E-state index in [9.17, 15) is 17.6 Å². The minimum Gasteiger partial charge on any atom is -0.455 e. The number of nitrogens with zero attached hydrogens (tertiary/aromatic N) is 4. The molecule has 13 heteroatoms. The molecular formula is C29H22ClFN6O4S. The topological polar surface area (TPSA) is 134 Å². The predicted molar refractivity (Wildman–Crippen MR) is 159 cm³/mol. The first-order valence-electron chi connectivity index (χ1n) is 12.5. The molecule has 0 unspecified atom stereocenters. The van der Waals surface area contributed by atoms with Crippen molar-refractivity contribution in [2.75, 3.05) is 24.7 Å². The number of aromatic nitrogens is 4. The Hall–Kier alpha value is -4.81. The lowest BCUT2D eigenvalue weighted by molar-refractivity contribution is 0.0964. The zero-order valence-corrected chi connectivity index (χ0v) is 24.0. The number of hydrogen-bond acceptors (Lipinski definition) is 7. The molecule has 0 spiro atoms. The van der Waals surface area contributed by atoms with Crippen molar-refractivity contribution in [3.8, 4) is 33.8 Å². The normalized spacial score (nSPS) is 11.7. The van der Waals surface area contributed by atoms with E-state index in [1.807, 2.05) is 0 Å². The van der Waals surface area contributed by atoms with Crippen LogP contribution in [0.25, 0.3) is 56.1 Å². The van der Waals surface area contributed by atoms with Crippen LogP contribution in [-0.4, -0.2) is 54.6 Å². The van der Waals surface area contributed by atoms with Crippen LogP contribution >= 0.6 is 11.6 Å². The Kier molecular flexibility index (Phi) is 6.66. The van der Waals surface area contributed by atoms with E-state index >= 15 is 0 Å². The molecule has 0 radical (unpaired) electrons. The van der Waals surface area contributed by atoms with Gasteiger partial charge in [-0.25, -0.2) is 27.8 Å². The van der Waals surface area contributed by atoms with Crippen molar-refractivity contribution in [1.82, 2.24) is 25.3 Å². The Bertz CT molecular complexity index is 2090. The molecule has 0 fully saturated rings. The van der Waals surface area contributed by atoms with E-state index in [1.54, 1.807) is 36.5 Å². The van der Waals surface area contributed by atoms with Crippen molar-refractivity contribution in [3.05, 3.63) is 83.4 Å². The van der Waals surface area contributed by atoms with Gasteiger partial charge in [-0.05, 0) is 48.0 Å². The molecule has 0 saturated carbocycles. The summed E-state index contributed by atoms with van der Waals surface area (Å²) >= 11 is 6.58. The molecule has 6 aromatic rings. The van der Waals surface area contributed by atoms with Gasteiger partial charge in [-0.2, -0.15) is 0 Å². The first-order valence-corrected chi connectivity index (χ1v) is 14.8. The highest BCUT2D eigenvalue weighted by molar-refractivity contribution is 7.92. The third-order valence-corrected chi connectivity index (χ3v) is 8.39. The number of imidazole rings is 1. The highest BCUT2D eigenvalue weighted by atomic mass is 35.5. The molecule has 0 aliphatic rings. The van der Waals surface area contributed by atoms with Crippen molar-refractivity contribution >= 4 is 55.5 Å². The standard InChI is InChI=1S/C29H22ClFN6O4S/c1-32-29(38)24-20-13-18(16-6-9-21(30)19(12-16)26-35-27-28(36-26)34-11-10-33-27)22(37(2)42(3,39)40)14-23(20)41-25(24)15-4-7-17(31)8-5-15/h4-14H,1-3H3,(H,32,38)(H,33,34,35,36). The lowest BCUT2D eigenvalue weighted by Gasteiger charge is -2.21. The number of sulfonamides is 1. The molecule has 0 saturated heterocycles. The Morgan fingerprint density at radius 2 is 1.74 bits per heavy atom. The summed E-state index contributed by atoms with van der Waals surface area (Å²) in [5.41, 5.74) is 3.77. The van der Waals surface area contributed by atoms with Gasteiger partial charge in [0.2, 0.25) is 10.0 Å². The van der Waals surface area contributed by atoms with Gasteiger partial charge in [-0.1, -0.05) is 17.7 Å². The fourth-order valence-corrected chi connectivity index (χ4v) is 5.42. The number of hydrogen-bond donors (Lipinski definition) is 2. The van der Waals surface area contributed by atoms with Crippen molar-refractivity contribution in [2.45, 2.75) is 0 Å². The first-order chi connectivity index (χ1) is 20.0. The van der Waals surface area contributed by atoms with Crippen molar-refractivity contribution in [2.24, 2.45) is 0 Å². The second-order valence-electron chi connectivity index (χ2n) is 9.50. The highest BCUT2D eigenvalue weighted by Gasteiger charge is 2.26. The molecule has 3 aromatic carbocycles. The largest absolute Gasteiger partial charge is 0.455 e. The number of H-pyrrole nitrogens is 1. The fourth-order valence-electron chi connectivity index (χ4n) is 4.71. The Labute approximate surface area is 244 Å². The Balaban J connectivity index is 1.63. The van der Waals surface area contributed by atoms with E-state index in [4.69, 9.17) is 16.0 Å². The van der Waals surface area contributed by atoms with Crippen LogP contribution in [0, 0.1) is 5.82 Å². The molecule has 1 amide bonds. The molecule has 42 heavy (non-hydrogen) atoms. The molecule has 0 atom stereocenters. The van der Waals surface area contributed by atoms with Gasteiger partial charge >= 0.3 is 0 Å². The van der Waals surface area contributed by atoms with Crippen molar-refractivity contribution < 1.29 is 22.0 Å². The van der Waals surface area contributed by atoms with Crippen LogP contribution in [0.4, 0.5) is 10.1 Å². The first kappa shape index (κ1) is 27.4. The van der Waals surface area contributed by atoms with Gasteiger partial charge < -0.3 is 14.7 Å². The van der Waals surface area contributed by atoms with Crippen LogP contribution in [0.2, 0.25) is 5.02 Å². The van der Waals surface area contributed by atoms with Crippen LogP contribution in [0.3, 0.4) is 0 Å². The number of carbonyl (C=O) groups is 1. The van der Waals surface area contributed by atoms with Gasteiger partial charge in [0.25, 0.3) is 5.91 Å². The third-order valence-electron chi connectivity index (χ3n) is 6.87. The van der Waals surface area contributed by atoms with Crippen LogP contribution in [0.15, 0.2) is 71.4 Å². The van der Waals surface area contributed by atoms with Crippen molar-refractivity contribution in [1.29, 1.82) is 0 Å². The summed E-state index contributed by atoms with van der Waals surface area (Å²) in [6.45, 7) is 0. The van der Waals surface area contributed by atoms with Crippen LogP contribution in [-0.2, 0) is 10.0 Å². The van der Waals surface area contributed by atoms with Gasteiger partial charge in [0.05, 0.1) is 22.5 Å². The molecule has 2 N–H and O–H groups in total. The summed E-state index contributed by atoms with van der Waals surface area (Å²) in [4.78, 5) is 29.2. The quantitative estimate of drug-likeness (QED) is 0.251. The van der Waals surface area contributed by atoms with Crippen molar-refractivity contribution in [3.63, 3.8) is 0 Å². The number of halogens is 2. The van der Waals surface area contributed by atoms with E-state index in [1.165, 1.54) is 44.6 Å².